The zero-order valence-electron chi connectivity index (χ0n) is 13.1. The Morgan fingerprint density at radius 1 is 1.39 bits per heavy atom. The summed E-state index contributed by atoms with van der Waals surface area (Å²) in [5.41, 5.74) is 0.870. The molecule has 1 saturated heterocycles. The van der Waals surface area contributed by atoms with E-state index in [0.717, 1.165) is 31.5 Å². The van der Waals surface area contributed by atoms with Crippen molar-refractivity contribution in [1.82, 2.24) is 10.2 Å². The largest absolute Gasteiger partial charge is 0.486 e. The Bertz CT molecular complexity index is 569. The summed E-state index contributed by atoms with van der Waals surface area (Å²) in [5, 5.41) is 3.66. The highest BCUT2D eigenvalue weighted by Gasteiger charge is 2.28. The highest BCUT2D eigenvalue weighted by Crippen LogP contribution is 2.38. The fourth-order valence-electron chi connectivity index (χ4n) is 3.15. The molecule has 0 spiro atoms. The van der Waals surface area contributed by atoms with Gasteiger partial charge >= 0.3 is 0 Å². The maximum absolute atomic E-state index is 12.6. The number of rotatable bonds is 4. The van der Waals surface area contributed by atoms with Crippen molar-refractivity contribution in [3.8, 4) is 11.5 Å². The van der Waals surface area contributed by atoms with Gasteiger partial charge in [-0.3, -0.25) is 4.79 Å². The van der Waals surface area contributed by atoms with Crippen molar-refractivity contribution in [1.29, 1.82) is 0 Å². The highest BCUT2D eigenvalue weighted by atomic mass is 35.5. The molecule has 23 heavy (non-hydrogen) atoms. The molecule has 2 aliphatic heterocycles. The summed E-state index contributed by atoms with van der Waals surface area (Å²) in [7, 11) is 1.92. The molecule has 3 rings (SSSR count). The molecule has 1 aromatic rings. The summed E-state index contributed by atoms with van der Waals surface area (Å²) in [6.07, 6.45) is 2.48. The monoisotopic (exact) mass is 360 g/mol. The van der Waals surface area contributed by atoms with Gasteiger partial charge in [0.15, 0.2) is 11.5 Å². The normalized spacial score (nSPS) is 19.4. The van der Waals surface area contributed by atoms with Gasteiger partial charge in [0.1, 0.15) is 13.2 Å². The van der Waals surface area contributed by atoms with Crippen molar-refractivity contribution < 1.29 is 14.3 Å². The number of fused-ring (bicyclic) bond motifs is 1. The minimum atomic E-state index is 0. The first-order valence-electron chi connectivity index (χ1n) is 7.71. The molecule has 1 aromatic carbocycles. The first kappa shape index (κ1) is 18.2. The molecule has 1 unspecified atom stereocenters. The maximum atomic E-state index is 12.6. The molecule has 2 heterocycles. The molecule has 5 nitrogen and oxygen atoms in total. The molecule has 1 fully saturated rings. The third-order valence-electron chi connectivity index (χ3n) is 4.15. The first-order valence-corrected chi connectivity index (χ1v) is 8.09. The van der Waals surface area contributed by atoms with Crippen LogP contribution >= 0.6 is 24.0 Å². The van der Waals surface area contributed by atoms with Crippen molar-refractivity contribution in [2.45, 2.75) is 25.3 Å². The Balaban J connectivity index is 0.00000192. The summed E-state index contributed by atoms with van der Waals surface area (Å²) in [4.78, 5) is 14.5. The summed E-state index contributed by atoms with van der Waals surface area (Å²) >= 11 is 6.23. The SMILES string of the molecule is CNCC1CCCN1C(=O)Cc1cc(Cl)c2c(c1)OCCO2.Cl. The van der Waals surface area contributed by atoms with Gasteiger partial charge in [0.2, 0.25) is 5.91 Å². The number of carbonyl (C=O) groups excluding carboxylic acids is 1. The predicted molar refractivity (Wildman–Crippen MR) is 92.1 cm³/mol. The molecule has 0 bridgehead atoms. The Hall–Kier alpha value is -1.17. The third-order valence-corrected chi connectivity index (χ3v) is 4.43. The second-order valence-electron chi connectivity index (χ2n) is 5.72. The number of halogens is 2. The topological polar surface area (TPSA) is 50.8 Å². The predicted octanol–water partition coefficient (Wildman–Crippen LogP) is 2.29. The number of hydrogen-bond acceptors (Lipinski definition) is 4. The van der Waals surface area contributed by atoms with Gasteiger partial charge in [-0.25, -0.2) is 0 Å². The van der Waals surface area contributed by atoms with Crippen LogP contribution in [0.25, 0.3) is 0 Å². The summed E-state index contributed by atoms with van der Waals surface area (Å²) in [6, 6.07) is 3.96. The molecule has 0 saturated carbocycles. The summed E-state index contributed by atoms with van der Waals surface area (Å²) in [6.45, 7) is 2.69. The van der Waals surface area contributed by atoms with Gasteiger partial charge in [-0.15, -0.1) is 12.4 Å². The second-order valence-corrected chi connectivity index (χ2v) is 6.13. The van der Waals surface area contributed by atoms with E-state index in [1.807, 2.05) is 18.0 Å². The van der Waals surface area contributed by atoms with Crippen LogP contribution < -0.4 is 14.8 Å². The number of hydrogen-bond donors (Lipinski definition) is 1. The molecule has 1 atom stereocenters. The van der Waals surface area contributed by atoms with E-state index in [2.05, 4.69) is 5.32 Å². The van der Waals surface area contributed by atoms with Gasteiger partial charge in [0, 0.05) is 19.1 Å². The first-order chi connectivity index (χ1) is 10.7. The van der Waals surface area contributed by atoms with Crippen LogP contribution in [0.1, 0.15) is 18.4 Å². The molecule has 0 radical (unpaired) electrons. The van der Waals surface area contributed by atoms with Crippen LogP contribution in [0.5, 0.6) is 11.5 Å². The smallest absolute Gasteiger partial charge is 0.227 e. The zero-order valence-corrected chi connectivity index (χ0v) is 14.7. The van der Waals surface area contributed by atoms with E-state index in [9.17, 15) is 4.79 Å². The third kappa shape index (κ3) is 4.03. The van der Waals surface area contributed by atoms with Crippen LogP contribution in [-0.2, 0) is 11.2 Å². The van der Waals surface area contributed by atoms with Crippen LogP contribution in [0.4, 0.5) is 0 Å². The Morgan fingerprint density at radius 2 is 2.17 bits per heavy atom. The van der Waals surface area contributed by atoms with Crippen molar-refractivity contribution in [2.24, 2.45) is 0 Å². The van der Waals surface area contributed by atoms with Crippen LogP contribution in [0.2, 0.25) is 5.02 Å². The van der Waals surface area contributed by atoms with Gasteiger partial charge in [0.25, 0.3) is 0 Å². The van der Waals surface area contributed by atoms with Gasteiger partial charge in [-0.05, 0) is 37.6 Å². The lowest BCUT2D eigenvalue weighted by Gasteiger charge is -2.25. The standard InChI is InChI=1S/C16H21ClN2O3.ClH/c1-18-10-12-3-2-4-19(12)15(20)9-11-7-13(17)16-14(8-11)21-5-6-22-16;/h7-8,12,18H,2-6,9-10H2,1H3;1H. The average Bonchev–Trinajstić information content (AvgIpc) is 2.96. The van der Waals surface area contributed by atoms with E-state index in [-0.39, 0.29) is 18.3 Å². The molecule has 0 aromatic heterocycles. The van der Waals surface area contributed by atoms with Crippen molar-refractivity contribution in [2.75, 3.05) is 33.4 Å². The average molecular weight is 361 g/mol. The minimum Gasteiger partial charge on any atom is -0.486 e. The number of amides is 1. The molecule has 128 valence electrons. The number of ether oxygens (including phenoxy) is 2. The summed E-state index contributed by atoms with van der Waals surface area (Å²) < 4.78 is 11.1. The lowest BCUT2D eigenvalue weighted by molar-refractivity contribution is -0.131. The molecule has 1 amide bonds. The van der Waals surface area contributed by atoms with Crippen LogP contribution in [0, 0.1) is 0 Å². The van der Waals surface area contributed by atoms with Gasteiger partial charge in [-0.1, -0.05) is 11.6 Å². The second kappa shape index (κ2) is 8.08. The number of nitrogens with zero attached hydrogens (tertiary/aromatic N) is 1. The molecule has 0 aliphatic carbocycles. The number of likely N-dealkylation sites (N-methyl/N-ethyl adjacent to an activating group) is 1. The number of likely N-dealkylation sites (tertiary alicyclic amines) is 1. The lowest BCUT2D eigenvalue weighted by Crippen LogP contribution is -2.41. The molecule has 7 heteroatoms. The Morgan fingerprint density at radius 3 is 2.96 bits per heavy atom. The lowest BCUT2D eigenvalue weighted by atomic mass is 10.1. The maximum Gasteiger partial charge on any atom is 0.227 e. The number of nitrogens with one attached hydrogen (secondary N) is 1. The highest BCUT2D eigenvalue weighted by molar-refractivity contribution is 6.32. The van der Waals surface area contributed by atoms with E-state index >= 15 is 0 Å². The Kier molecular flexibility index (Phi) is 6.39. The van der Waals surface area contributed by atoms with Crippen molar-refractivity contribution in [3.63, 3.8) is 0 Å². The van der Waals surface area contributed by atoms with Crippen molar-refractivity contribution in [3.05, 3.63) is 22.7 Å². The van der Waals surface area contributed by atoms with Crippen molar-refractivity contribution >= 4 is 29.9 Å². The van der Waals surface area contributed by atoms with E-state index < -0.39 is 0 Å². The Labute approximate surface area is 147 Å². The summed E-state index contributed by atoms with van der Waals surface area (Å²) in [5.74, 6) is 1.36. The molecule has 2 aliphatic rings. The van der Waals surface area contributed by atoms with E-state index in [1.54, 1.807) is 6.07 Å². The zero-order chi connectivity index (χ0) is 15.5. The minimum absolute atomic E-state index is 0. The number of carbonyl (C=O) groups is 1. The number of benzene rings is 1. The molecular formula is C16H22Cl2N2O3. The van der Waals surface area contributed by atoms with E-state index in [1.165, 1.54) is 0 Å². The van der Waals surface area contributed by atoms with E-state index in [4.69, 9.17) is 21.1 Å². The van der Waals surface area contributed by atoms with Crippen LogP contribution in [0.3, 0.4) is 0 Å². The quantitative estimate of drug-likeness (QED) is 0.894. The van der Waals surface area contributed by atoms with Gasteiger partial charge in [-0.2, -0.15) is 0 Å². The van der Waals surface area contributed by atoms with Gasteiger partial charge < -0.3 is 19.7 Å². The molecular weight excluding hydrogens is 339 g/mol. The van der Waals surface area contributed by atoms with Crippen LogP contribution in [-0.4, -0.2) is 50.2 Å². The fraction of sp³-hybridized carbons (Fsp3) is 0.562. The van der Waals surface area contributed by atoms with Gasteiger partial charge in [0.05, 0.1) is 11.4 Å². The fourth-order valence-corrected chi connectivity index (χ4v) is 3.44. The van der Waals surface area contributed by atoms with Crippen LogP contribution in [0.15, 0.2) is 12.1 Å². The van der Waals surface area contributed by atoms with E-state index in [0.29, 0.717) is 42.2 Å². The molecule has 1 N–H and O–H groups in total.